The van der Waals surface area contributed by atoms with Crippen LogP contribution in [0, 0.1) is 0 Å². The number of aliphatic hydroxyl groups is 1. The van der Waals surface area contributed by atoms with E-state index in [9.17, 15) is 9.90 Å². The second-order valence-electron chi connectivity index (χ2n) is 2.95. The predicted octanol–water partition coefficient (Wildman–Crippen LogP) is 2.98. The summed E-state index contributed by atoms with van der Waals surface area (Å²) in [6.07, 6.45) is 8.01. The van der Waals surface area contributed by atoms with Gasteiger partial charge in [-0.15, -0.1) is 0 Å². The van der Waals surface area contributed by atoms with E-state index >= 15 is 0 Å². The van der Waals surface area contributed by atoms with E-state index in [1.165, 1.54) is 12.2 Å². The first-order valence-electron chi connectivity index (χ1n) is 4.63. The highest BCUT2D eigenvalue weighted by Crippen LogP contribution is 2.07. The smallest absolute Gasteiger partial charge is 0.339 e. The summed E-state index contributed by atoms with van der Waals surface area (Å²) in [6.45, 7) is 5.38. The Labute approximate surface area is 89.7 Å². The van der Waals surface area contributed by atoms with Crippen LogP contribution in [0.15, 0.2) is 47.3 Å². The maximum absolute atomic E-state index is 10.6. The third kappa shape index (κ3) is 4.86. The summed E-state index contributed by atoms with van der Waals surface area (Å²) in [5.41, 5.74) is 0.939. The van der Waals surface area contributed by atoms with Crippen LogP contribution in [0.2, 0.25) is 0 Å². The van der Waals surface area contributed by atoms with Crippen molar-refractivity contribution < 1.29 is 15.0 Å². The standard InChI is InChI=1S/C12H16O3/c1-4-9(3)7-6-8-11(13)10(5-2)12(14)15/h4-8,13H,1-3H3,(H,14,15)/b7-6+,9-4+,10-5+,11-8+. The Morgan fingerprint density at radius 3 is 2.13 bits per heavy atom. The minimum atomic E-state index is -1.14. The minimum absolute atomic E-state index is 0.0993. The Hall–Kier alpha value is -1.77. The van der Waals surface area contributed by atoms with Crippen LogP contribution < -0.4 is 0 Å². The highest BCUT2D eigenvalue weighted by Gasteiger charge is 2.09. The summed E-state index contributed by atoms with van der Waals surface area (Å²) in [6, 6.07) is 0. The number of hydrogen-bond donors (Lipinski definition) is 2. The van der Waals surface area contributed by atoms with Crippen molar-refractivity contribution in [2.45, 2.75) is 20.8 Å². The highest BCUT2D eigenvalue weighted by molar-refractivity contribution is 5.90. The molecule has 0 fully saturated rings. The molecule has 0 aromatic heterocycles. The second-order valence-corrected chi connectivity index (χ2v) is 2.95. The third-order valence-corrected chi connectivity index (χ3v) is 1.86. The first kappa shape index (κ1) is 13.2. The summed E-state index contributed by atoms with van der Waals surface area (Å²) in [5, 5.41) is 18.1. The predicted molar refractivity (Wildman–Crippen MR) is 60.7 cm³/mol. The van der Waals surface area contributed by atoms with Crippen molar-refractivity contribution in [2.75, 3.05) is 0 Å². The van der Waals surface area contributed by atoms with Gasteiger partial charge in [-0.05, 0) is 26.8 Å². The molecule has 0 aliphatic rings. The van der Waals surface area contributed by atoms with E-state index in [4.69, 9.17) is 5.11 Å². The molecule has 82 valence electrons. The average molecular weight is 208 g/mol. The van der Waals surface area contributed by atoms with Gasteiger partial charge in [0.15, 0.2) is 0 Å². The Morgan fingerprint density at radius 2 is 1.73 bits per heavy atom. The van der Waals surface area contributed by atoms with Crippen molar-refractivity contribution in [3.8, 4) is 0 Å². The maximum atomic E-state index is 10.6. The molecule has 0 rings (SSSR count). The lowest BCUT2D eigenvalue weighted by molar-refractivity contribution is -0.132. The van der Waals surface area contributed by atoms with Gasteiger partial charge in [0.2, 0.25) is 0 Å². The third-order valence-electron chi connectivity index (χ3n) is 1.86. The van der Waals surface area contributed by atoms with Crippen molar-refractivity contribution in [1.82, 2.24) is 0 Å². The van der Waals surface area contributed by atoms with Crippen LogP contribution in [0.4, 0.5) is 0 Å². The van der Waals surface area contributed by atoms with Gasteiger partial charge in [0, 0.05) is 0 Å². The second kappa shape index (κ2) is 6.65. The zero-order chi connectivity index (χ0) is 11.8. The summed E-state index contributed by atoms with van der Waals surface area (Å²) in [5.74, 6) is -1.38. The lowest BCUT2D eigenvalue weighted by Gasteiger charge is -1.98. The molecule has 0 radical (unpaired) electrons. The number of carboxylic acid groups (broad SMARTS) is 1. The van der Waals surface area contributed by atoms with E-state index in [1.807, 2.05) is 19.9 Å². The Bertz CT molecular complexity index is 344. The van der Waals surface area contributed by atoms with Crippen LogP contribution >= 0.6 is 0 Å². The molecule has 0 unspecified atom stereocenters. The Balaban J connectivity index is 4.71. The number of rotatable bonds is 4. The lowest BCUT2D eigenvalue weighted by atomic mass is 10.2. The van der Waals surface area contributed by atoms with Gasteiger partial charge in [-0.25, -0.2) is 4.79 Å². The molecule has 0 amide bonds. The molecule has 3 heteroatoms. The van der Waals surface area contributed by atoms with Gasteiger partial charge in [0.05, 0.1) is 5.57 Å². The van der Waals surface area contributed by atoms with Crippen LogP contribution in [0.25, 0.3) is 0 Å². The van der Waals surface area contributed by atoms with Crippen LogP contribution in [-0.2, 0) is 4.79 Å². The zero-order valence-electron chi connectivity index (χ0n) is 9.19. The molecule has 0 heterocycles. The van der Waals surface area contributed by atoms with Crippen LogP contribution in [0.5, 0.6) is 0 Å². The lowest BCUT2D eigenvalue weighted by Crippen LogP contribution is -2.02. The first-order valence-corrected chi connectivity index (χ1v) is 4.63. The van der Waals surface area contributed by atoms with E-state index in [2.05, 4.69) is 0 Å². The Kier molecular flexibility index (Phi) is 5.86. The van der Waals surface area contributed by atoms with E-state index in [-0.39, 0.29) is 11.3 Å². The van der Waals surface area contributed by atoms with Gasteiger partial charge in [0.1, 0.15) is 5.76 Å². The number of carbonyl (C=O) groups is 1. The molecule has 2 N–H and O–H groups in total. The first-order chi connectivity index (χ1) is 7.02. The molecule has 0 saturated carbocycles. The van der Waals surface area contributed by atoms with Crippen LogP contribution in [0.3, 0.4) is 0 Å². The van der Waals surface area contributed by atoms with E-state index in [0.717, 1.165) is 5.57 Å². The summed E-state index contributed by atoms with van der Waals surface area (Å²) in [7, 11) is 0. The number of allylic oxidation sites excluding steroid dienone is 6. The largest absolute Gasteiger partial charge is 0.507 e. The fourth-order valence-corrected chi connectivity index (χ4v) is 0.858. The molecule has 0 saturated heterocycles. The molecular weight excluding hydrogens is 192 g/mol. The normalized spacial score (nSPS) is 14.7. The SMILES string of the molecule is C/C=C(C)/C=C/C=C(O)\C(=C/C)C(=O)O. The van der Waals surface area contributed by atoms with Gasteiger partial charge >= 0.3 is 5.97 Å². The molecule has 0 aromatic carbocycles. The van der Waals surface area contributed by atoms with Gasteiger partial charge in [-0.2, -0.15) is 0 Å². The summed E-state index contributed by atoms with van der Waals surface area (Å²) >= 11 is 0. The summed E-state index contributed by atoms with van der Waals surface area (Å²) in [4.78, 5) is 10.6. The van der Waals surface area contributed by atoms with E-state index < -0.39 is 5.97 Å². The topological polar surface area (TPSA) is 57.5 Å². The van der Waals surface area contributed by atoms with Crippen LogP contribution in [-0.4, -0.2) is 16.2 Å². The van der Waals surface area contributed by atoms with Crippen molar-refractivity contribution in [3.63, 3.8) is 0 Å². The zero-order valence-corrected chi connectivity index (χ0v) is 9.19. The van der Waals surface area contributed by atoms with Crippen molar-refractivity contribution in [2.24, 2.45) is 0 Å². The molecule has 15 heavy (non-hydrogen) atoms. The molecular formula is C12H16O3. The van der Waals surface area contributed by atoms with Crippen molar-refractivity contribution in [3.05, 3.63) is 47.3 Å². The van der Waals surface area contributed by atoms with Gasteiger partial charge in [-0.3, -0.25) is 0 Å². The molecule has 0 bridgehead atoms. The number of aliphatic carboxylic acids is 1. The number of hydrogen-bond acceptors (Lipinski definition) is 2. The molecule has 0 aliphatic heterocycles. The fourth-order valence-electron chi connectivity index (χ4n) is 0.858. The van der Waals surface area contributed by atoms with Crippen molar-refractivity contribution >= 4 is 5.97 Å². The number of carboxylic acids is 1. The number of aliphatic hydroxyl groups excluding tert-OH is 1. The quantitative estimate of drug-likeness (QED) is 0.424. The molecule has 0 atom stereocenters. The van der Waals surface area contributed by atoms with Gasteiger partial charge < -0.3 is 10.2 Å². The maximum Gasteiger partial charge on any atom is 0.339 e. The van der Waals surface area contributed by atoms with Crippen LogP contribution in [0.1, 0.15) is 20.8 Å². The molecule has 3 nitrogen and oxygen atoms in total. The highest BCUT2D eigenvalue weighted by atomic mass is 16.4. The van der Waals surface area contributed by atoms with Gasteiger partial charge in [-0.1, -0.05) is 29.9 Å². The molecule has 0 spiro atoms. The Morgan fingerprint density at radius 1 is 1.13 bits per heavy atom. The van der Waals surface area contributed by atoms with E-state index in [1.54, 1.807) is 19.1 Å². The van der Waals surface area contributed by atoms with E-state index in [0.29, 0.717) is 0 Å². The monoisotopic (exact) mass is 208 g/mol. The fraction of sp³-hybridized carbons (Fsp3) is 0.250. The molecule has 0 aromatic rings. The average Bonchev–Trinajstić information content (AvgIpc) is 2.17. The molecule has 0 aliphatic carbocycles. The van der Waals surface area contributed by atoms with Crippen molar-refractivity contribution in [1.29, 1.82) is 0 Å². The summed E-state index contributed by atoms with van der Waals surface area (Å²) < 4.78 is 0. The minimum Gasteiger partial charge on any atom is -0.507 e. The van der Waals surface area contributed by atoms with Gasteiger partial charge in [0.25, 0.3) is 0 Å².